The van der Waals surface area contributed by atoms with Crippen molar-refractivity contribution in [2.75, 3.05) is 0 Å². The number of hydrogen-bond acceptors (Lipinski definition) is 1. The zero-order valence-electron chi connectivity index (χ0n) is 10.8. The quantitative estimate of drug-likeness (QED) is 0.786. The Kier molecular flexibility index (Phi) is 3.26. The maximum absolute atomic E-state index is 13.3. The smallest absolute Gasteiger partial charge is 0.126 e. The van der Waals surface area contributed by atoms with Gasteiger partial charge in [-0.05, 0) is 48.8 Å². The Balaban J connectivity index is 2.38. The lowest BCUT2D eigenvalue weighted by molar-refractivity contribution is -0.0628. The van der Waals surface area contributed by atoms with Gasteiger partial charge in [-0.15, -0.1) is 0 Å². The topological polar surface area (TPSA) is 20.2 Å². The van der Waals surface area contributed by atoms with Crippen molar-refractivity contribution in [2.24, 2.45) is 11.8 Å². The molecular weight excluding hydrogens is 215 g/mol. The van der Waals surface area contributed by atoms with Crippen molar-refractivity contribution in [1.29, 1.82) is 0 Å². The summed E-state index contributed by atoms with van der Waals surface area (Å²) in [6, 6.07) is 5.00. The van der Waals surface area contributed by atoms with E-state index >= 15 is 0 Å². The third-order valence-corrected chi connectivity index (χ3v) is 4.23. The predicted molar refractivity (Wildman–Crippen MR) is 67.2 cm³/mol. The molecule has 1 saturated carbocycles. The Bertz CT molecular complexity index is 415. The molecule has 0 bridgehead atoms. The molecule has 0 saturated heterocycles. The predicted octanol–water partition coefficient (Wildman–Crippen LogP) is 3.78. The summed E-state index contributed by atoms with van der Waals surface area (Å²) in [5, 5.41) is 10.9. The fraction of sp³-hybridized carbons (Fsp3) is 0.600. The molecule has 1 fully saturated rings. The van der Waals surface area contributed by atoms with Gasteiger partial charge in [0.25, 0.3) is 0 Å². The molecule has 0 aliphatic heterocycles. The largest absolute Gasteiger partial charge is 0.385 e. The lowest BCUT2D eigenvalue weighted by atomic mass is 9.69. The highest BCUT2D eigenvalue weighted by Gasteiger charge is 2.40. The first-order valence-electron chi connectivity index (χ1n) is 6.42. The Morgan fingerprint density at radius 3 is 2.65 bits per heavy atom. The highest BCUT2D eigenvalue weighted by Crippen LogP contribution is 2.44. The molecule has 94 valence electrons. The van der Waals surface area contributed by atoms with E-state index in [9.17, 15) is 9.50 Å². The zero-order valence-corrected chi connectivity index (χ0v) is 10.8. The Hall–Kier alpha value is -0.890. The van der Waals surface area contributed by atoms with Gasteiger partial charge in [0, 0.05) is 0 Å². The standard InChI is InChI=1S/C15H21FO/c1-10-4-5-12(3)15(17,9-10)13-6-7-14(16)11(2)8-13/h6-8,10,12,17H,4-5,9H2,1-3H3. The summed E-state index contributed by atoms with van der Waals surface area (Å²) in [5.74, 6) is 0.569. The molecule has 1 nitrogen and oxygen atoms in total. The van der Waals surface area contributed by atoms with Gasteiger partial charge in [0.05, 0.1) is 5.60 Å². The van der Waals surface area contributed by atoms with Crippen LogP contribution in [0.3, 0.4) is 0 Å². The third kappa shape index (κ3) is 2.23. The molecule has 1 aromatic rings. The zero-order chi connectivity index (χ0) is 12.6. The molecule has 0 amide bonds. The fourth-order valence-electron chi connectivity index (χ4n) is 2.92. The second-order valence-corrected chi connectivity index (χ2v) is 5.68. The Morgan fingerprint density at radius 2 is 2.00 bits per heavy atom. The number of rotatable bonds is 1. The van der Waals surface area contributed by atoms with Crippen molar-refractivity contribution < 1.29 is 9.50 Å². The van der Waals surface area contributed by atoms with Gasteiger partial charge < -0.3 is 5.11 Å². The van der Waals surface area contributed by atoms with Crippen molar-refractivity contribution in [3.63, 3.8) is 0 Å². The summed E-state index contributed by atoms with van der Waals surface area (Å²) >= 11 is 0. The lowest BCUT2D eigenvalue weighted by Gasteiger charge is -2.41. The SMILES string of the molecule is Cc1cc(C2(O)CC(C)CCC2C)ccc1F. The van der Waals surface area contributed by atoms with Crippen LogP contribution >= 0.6 is 0 Å². The van der Waals surface area contributed by atoms with Crippen LogP contribution in [-0.2, 0) is 5.60 Å². The molecule has 17 heavy (non-hydrogen) atoms. The van der Waals surface area contributed by atoms with Crippen molar-refractivity contribution in [3.05, 3.63) is 35.1 Å². The van der Waals surface area contributed by atoms with Gasteiger partial charge >= 0.3 is 0 Å². The summed E-state index contributed by atoms with van der Waals surface area (Å²) in [5.41, 5.74) is 0.702. The van der Waals surface area contributed by atoms with Crippen LogP contribution in [0, 0.1) is 24.6 Å². The lowest BCUT2D eigenvalue weighted by Crippen LogP contribution is -2.39. The van der Waals surface area contributed by atoms with Gasteiger partial charge in [0.15, 0.2) is 0 Å². The molecule has 1 N–H and O–H groups in total. The highest BCUT2D eigenvalue weighted by atomic mass is 19.1. The normalized spacial score (nSPS) is 33.7. The molecular formula is C15H21FO. The van der Waals surface area contributed by atoms with E-state index in [4.69, 9.17) is 0 Å². The first-order chi connectivity index (χ1) is 7.93. The summed E-state index contributed by atoms with van der Waals surface area (Å²) in [4.78, 5) is 0. The second-order valence-electron chi connectivity index (χ2n) is 5.68. The first-order valence-corrected chi connectivity index (χ1v) is 6.42. The monoisotopic (exact) mass is 236 g/mol. The average Bonchev–Trinajstić information content (AvgIpc) is 2.28. The van der Waals surface area contributed by atoms with Gasteiger partial charge in [-0.3, -0.25) is 0 Å². The molecule has 1 aliphatic carbocycles. The molecule has 2 heteroatoms. The van der Waals surface area contributed by atoms with Gasteiger partial charge in [-0.2, -0.15) is 0 Å². The van der Waals surface area contributed by atoms with Crippen molar-refractivity contribution in [3.8, 4) is 0 Å². The van der Waals surface area contributed by atoms with Crippen LogP contribution in [0.25, 0.3) is 0 Å². The molecule has 0 spiro atoms. The summed E-state index contributed by atoms with van der Waals surface area (Å²) in [7, 11) is 0. The molecule has 0 aromatic heterocycles. The van der Waals surface area contributed by atoms with E-state index in [1.54, 1.807) is 19.1 Å². The minimum absolute atomic E-state index is 0.200. The van der Waals surface area contributed by atoms with Crippen LogP contribution in [0.4, 0.5) is 4.39 Å². The van der Waals surface area contributed by atoms with Crippen LogP contribution in [0.1, 0.15) is 44.2 Å². The molecule has 0 heterocycles. The molecule has 3 atom stereocenters. The van der Waals surface area contributed by atoms with Crippen LogP contribution < -0.4 is 0 Å². The Morgan fingerprint density at radius 1 is 1.29 bits per heavy atom. The minimum atomic E-state index is -0.782. The molecule has 1 aliphatic rings. The van der Waals surface area contributed by atoms with Crippen LogP contribution in [-0.4, -0.2) is 5.11 Å². The number of aryl methyl sites for hydroxylation is 1. The fourth-order valence-corrected chi connectivity index (χ4v) is 2.92. The third-order valence-electron chi connectivity index (χ3n) is 4.23. The maximum Gasteiger partial charge on any atom is 0.126 e. The van der Waals surface area contributed by atoms with E-state index in [1.807, 2.05) is 0 Å². The van der Waals surface area contributed by atoms with Crippen LogP contribution in [0.2, 0.25) is 0 Å². The van der Waals surface area contributed by atoms with Crippen LogP contribution in [0.5, 0.6) is 0 Å². The summed E-state index contributed by atoms with van der Waals surface area (Å²) in [6.45, 7) is 6.01. The van der Waals surface area contributed by atoms with Crippen molar-refractivity contribution in [1.82, 2.24) is 0 Å². The number of hydrogen-bond donors (Lipinski definition) is 1. The first kappa shape index (κ1) is 12.6. The molecule has 2 rings (SSSR count). The summed E-state index contributed by atoms with van der Waals surface area (Å²) < 4.78 is 13.3. The minimum Gasteiger partial charge on any atom is -0.385 e. The number of aliphatic hydroxyl groups is 1. The number of benzene rings is 1. The molecule has 1 aromatic carbocycles. The average molecular weight is 236 g/mol. The van der Waals surface area contributed by atoms with E-state index in [0.29, 0.717) is 11.5 Å². The molecule has 3 unspecified atom stereocenters. The highest BCUT2D eigenvalue weighted by molar-refractivity contribution is 5.29. The van der Waals surface area contributed by atoms with Crippen LogP contribution in [0.15, 0.2) is 18.2 Å². The molecule has 0 radical (unpaired) electrons. The second kappa shape index (κ2) is 4.41. The van der Waals surface area contributed by atoms with Gasteiger partial charge in [0.2, 0.25) is 0 Å². The van der Waals surface area contributed by atoms with Crippen molar-refractivity contribution in [2.45, 2.75) is 45.6 Å². The van der Waals surface area contributed by atoms with E-state index in [0.717, 1.165) is 18.4 Å². The van der Waals surface area contributed by atoms with E-state index in [1.165, 1.54) is 12.5 Å². The maximum atomic E-state index is 13.3. The van der Waals surface area contributed by atoms with E-state index in [-0.39, 0.29) is 11.7 Å². The van der Waals surface area contributed by atoms with E-state index < -0.39 is 5.60 Å². The van der Waals surface area contributed by atoms with Gasteiger partial charge in [-0.1, -0.05) is 32.4 Å². The van der Waals surface area contributed by atoms with Crippen molar-refractivity contribution >= 4 is 0 Å². The van der Waals surface area contributed by atoms with Gasteiger partial charge in [0.1, 0.15) is 5.82 Å². The Labute approximate surface area is 103 Å². The van der Waals surface area contributed by atoms with E-state index in [2.05, 4.69) is 13.8 Å². The summed E-state index contributed by atoms with van der Waals surface area (Å²) in [6.07, 6.45) is 2.98. The number of halogens is 1. The van der Waals surface area contributed by atoms with Gasteiger partial charge in [-0.25, -0.2) is 4.39 Å².